The van der Waals surface area contributed by atoms with Crippen molar-refractivity contribution >= 4 is 5.91 Å². The highest BCUT2D eigenvalue weighted by Crippen LogP contribution is 2.09. The van der Waals surface area contributed by atoms with Crippen molar-refractivity contribution in [1.82, 2.24) is 10.6 Å². The largest absolute Gasteiger partial charge is 0.353 e. The lowest BCUT2D eigenvalue weighted by Crippen LogP contribution is -2.35. The molecular weight excluding hydrogens is 212 g/mol. The molecule has 0 aliphatic heterocycles. The van der Waals surface area contributed by atoms with E-state index in [-0.39, 0.29) is 11.9 Å². The topological polar surface area (TPSA) is 41.1 Å². The third-order valence-electron chi connectivity index (χ3n) is 2.80. The van der Waals surface area contributed by atoms with Gasteiger partial charge in [-0.15, -0.1) is 0 Å². The van der Waals surface area contributed by atoms with Crippen molar-refractivity contribution in [1.29, 1.82) is 0 Å². The van der Waals surface area contributed by atoms with E-state index in [1.807, 2.05) is 26.1 Å². The van der Waals surface area contributed by atoms with Gasteiger partial charge in [0.15, 0.2) is 0 Å². The van der Waals surface area contributed by atoms with Crippen LogP contribution in [0.5, 0.6) is 0 Å². The molecule has 1 rings (SSSR count). The molecule has 3 nitrogen and oxygen atoms in total. The standard InChI is InChI=1S/C14H22N2O/c1-11-6-4-5-7-13(11)10-12(2)16-14(17)8-9-15-3/h4-7,12,15H,8-10H2,1-3H3,(H,16,17). The molecule has 2 N–H and O–H groups in total. The predicted octanol–water partition coefficient (Wildman–Crippen LogP) is 1.65. The van der Waals surface area contributed by atoms with Gasteiger partial charge in [0.2, 0.25) is 5.91 Å². The number of aryl methyl sites for hydroxylation is 1. The maximum atomic E-state index is 11.5. The molecule has 0 radical (unpaired) electrons. The highest BCUT2D eigenvalue weighted by Gasteiger charge is 2.08. The van der Waals surface area contributed by atoms with Crippen LogP contribution in [0.1, 0.15) is 24.5 Å². The number of hydrogen-bond acceptors (Lipinski definition) is 2. The van der Waals surface area contributed by atoms with Gasteiger partial charge in [-0.05, 0) is 38.4 Å². The molecule has 0 heterocycles. The Kier molecular flexibility index (Phi) is 5.70. The predicted molar refractivity (Wildman–Crippen MR) is 71.0 cm³/mol. The van der Waals surface area contributed by atoms with E-state index in [1.54, 1.807) is 0 Å². The van der Waals surface area contributed by atoms with E-state index < -0.39 is 0 Å². The van der Waals surface area contributed by atoms with Crippen LogP contribution in [0.2, 0.25) is 0 Å². The van der Waals surface area contributed by atoms with Gasteiger partial charge in [-0.2, -0.15) is 0 Å². The van der Waals surface area contributed by atoms with Crippen LogP contribution < -0.4 is 10.6 Å². The van der Waals surface area contributed by atoms with Gasteiger partial charge in [-0.25, -0.2) is 0 Å². The van der Waals surface area contributed by atoms with Crippen molar-refractivity contribution in [3.63, 3.8) is 0 Å². The summed E-state index contributed by atoms with van der Waals surface area (Å²) < 4.78 is 0. The number of carbonyl (C=O) groups is 1. The molecule has 1 atom stereocenters. The number of nitrogens with one attached hydrogen (secondary N) is 2. The Labute approximate surface area is 104 Å². The lowest BCUT2D eigenvalue weighted by Gasteiger charge is -2.15. The maximum absolute atomic E-state index is 11.5. The average molecular weight is 234 g/mol. The average Bonchev–Trinajstić information content (AvgIpc) is 2.29. The van der Waals surface area contributed by atoms with Crippen LogP contribution in [0.4, 0.5) is 0 Å². The summed E-state index contributed by atoms with van der Waals surface area (Å²) in [6.07, 6.45) is 1.42. The maximum Gasteiger partial charge on any atom is 0.221 e. The smallest absolute Gasteiger partial charge is 0.221 e. The monoisotopic (exact) mass is 234 g/mol. The van der Waals surface area contributed by atoms with E-state index >= 15 is 0 Å². The van der Waals surface area contributed by atoms with E-state index in [1.165, 1.54) is 11.1 Å². The number of hydrogen-bond donors (Lipinski definition) is 2. The summed E-state index contributed by atoms with van der Waals surface area (Å²) >= 11 is 0. The second-order valence-corrected chi connectivity index (χ2v) is 4.45. The van der Waals surface area contributed by atoms with Gasteiger partial charge in [-0.1, -0.05) is 24.3 Å². The zero-order valence-corrected chi connectivity index (χ0v) is 10.9. The SMILES string of the molecule is CNCCC(=O)NC(C)Cc1ccccc1C. The fourth-order valence-corrected chi connectivity index (χ4v) is 1.81. The van der Waals surface area contributed by atoms with E-state index in [2.05, 4.69) is 29.7 Å². The summed E-state index contributed by atoms with van der Waals surface area (Å²) in [5.74, 6) is 0.112. The minimum absolute atomic E-state index is 0.112. The van der Waals surface area contributed by atoms with Gasteiger partial charge in [0, 0.05) is 19.0 Å². The molecule has 1 aromatic rings. The van der Waals surface area contributed by atoms with Gasteiger partial charge in [0.1, 0.15) is 0 Å². The lowest BCUT2D eigenvalue weighted by atomic mass is 10.0. The second kappa shape index (κ2) is 7.07. The zero-order valence-electron chi connectivity index (χ0n) is 10.9. The van der Waals surface area contributed by atoms with Crippen molar-refractivity contribution in [2.45, 2.75) is 32.7 Å². The Morgan fingerprint density at radius 2 is 2.06 bits per heavy atom. The molecule has 0 saturated carbocycles. The van der Waals surface area contributed by atoms with Crippen LogP contribution in [0, 0.1) is 6.92 Å². The molecule has 0 aromatic heterocycles. The second-order valence-electron chi connectivity index (χ2n) is 4.45. The number of rotatable bonds is 6. The fraction of sp³-hybridized carbons (Fsp3) is 0.500. The van der Waals surface area contributed by atoms with Crippen LogP contribution in [0.3, 0.4) is 0 Å². The van der Waals surface area contributed by atoms with Gasteiger partial charge in [0.05, 0.1) is 0 Å². The first-order valence-corrected chi connectivity index (χ1v) is 6.12. The van der Waals surface area contributed by atoms with Crippen molar-refractivity contribution in [3.05, 3.63) is 35.4 Å². The van der Waals surface area contributed by atoms with Gasteiger partial charge in [0.25, 0.3) is 0 Å². The summed E-state index contributed by atoms with van der Waals surface area (Å²) in [4.78, 5) is 11.5. The minimum atomic E-state index is 0.112. The Morgan fingerprint density at radius 1 is 1.35 bits per heavy atom. The molecule has 1 aromatic carbocycles. The van der Waals surface area contributed by atoms with Crippen molar-refractivity contribution in [3.8, 4) is 0 Å². The molecule has 1 amide bonds. The molecule has 0 aliphatic rings. The third-order valence-corrected chi connectivity index (χ3v) is 2.80. The Balaban J connectivity index is 2.42. The molecule has 17 heavy (non-hydrogen) atoms. The quantitative estimate of drug-likeness (QED) is 0.786. The molecule has 0 bridgehead atoms. The number of amides is 1. The van der Waals surface area contributed by atoms with E-state index in [9.17, 15) is 4.79 Å². The molecule has 0 aliphatic carbocycles. The molecular formula is C14H22N2O. The summed E-state index contributed by atoms with van der Waals surface area (Å²) in [7, 11) is 1.85. The molecule has 94 valence electrons. The number of benzene rings is 1. The summed E-state index contributed by atoms with van der Waals surface area (Å²) in [6.45, 7) is 4.87. The van der Waals surface area contributed by atoms with E-state index in [0.29, 0.717) is 6.42 Å². The van der Waals surface area contributed by atoms with Crippen molar-refractivity contribution in [2.75, 3.05) is 13.6 Å². The van der Waals surface area contributed by atoms with Crippen LogP contribution >= 0.6 is 0 Å². The first-order valence-electron chi connectivity index (χ1n) is 6.12. The first kappa shape index (κ1) is 13.7. The first-order chi connectivity index (χ1) is 8.13. The molecule has 0 spiro atoms. The van der Waals surface area contributed by atoms with Gasteiger partial charge >= 0.3 is 0 Å². The lowest BCUT2D eigenvalue weighted by molar-refractivity contribution is -0.121. The molecule has 0 fully saturated rings. The molecule has 3 heteroatoms. The Bertz CT molecular complexity index is 363. The Morgan fingerprint density at radius 3 is 2.71 bits per heavy atom. The number of carbonyl (C=O) groups excluding carboxylic acids is 1. The molecule has 1 unspecified atom stereocenters. The van der Waals surface area contributed by atoms with Gasteiger partial charge < -0.3 is 10.6 Å². The highest BCUT2D eigenvalue weighted by atomic mass is 16.1. The summed E-state index contributed by atoms with van der Waals surface area (Å²) in [6, 6.07) is 8.48. The summed E-state index contributed by atoms with van der Waals surface area (Å²) in [5.41, 5.74) is 2.58. The van der Waals surface area contributed by atoms with Crippen LogP contribution in [-0.2, 0) is 11.2 Å². The van der Waals surface area contributed by atoms with E-state index in [4.69, 9.17) is 0 Å². The highest BCUT2D eigenvalue weighted by molar-refractivity contribution is 5.76. The third kappa shape index (κ3) is 5.00. The molecule has 0 saturated heterocycles. The van der Waals surface area contributed by atoms with E-state index in [0.717, 1.165) is 13.0 Å². The Hall–Kier alpha value is -1.35. The van der Waals surface area contributed by atoms with Crippen molar-refractivity contribution in [2.24, 2.45) is 0 Å². The van der Waals surface area contributed by atoms with Gasteiger partial charge in [-0.3, -0.25) is 4.79 Å². The minimum Gasteiger partial charge on any atom is -0.353 e. The summed E-state index contributed by atoms with van der Waals surface area (Å²) in [5, 5.41) is 5.98. The van der Waals surface area contributed by atoms with Crippen LogP contribution in [0.15, 0.2) is 24.3 Å². The zero-order chi connectivity index (χ0) is 12.7. The fourth-order valence-electron chi connectivity index (χ4n) is 1.81. The normalized spacial score (nSPS) is 12.2. The van der Waals surface area contributed by atoms with Crippen LogP contribution in [-0.4, -0.2) is 25.5 Å². The van der Waals surface area contributed by atoms with Crippen LogP contribution in [0.25, 0.3) is 0 Å². The van der Waals surface area contributed by atoms with Crippen molar-refractivity contribution < 1.29 is 4.79 Å².